The molecule has 2 saturated heterocycles. The average Bonchev–Trinajstić information content (AvgIpc) is 3.24. The Bertz CT molecular complexity index is 1100. The molecule has 0 bridgehead atoms. The summed E-state index contributed by atoms with van der Waals surface area (Å²) < 4.78 is 43.1. The van der Waals surface area contributed by atoms with Gasteiger partial charge in [0.25, 0.3) is 0 Å². The van der Waals surface area contributed by atoms with Gasteiger partial charge in [-0.05, 0) is 33.1 Å². The van der Waals surface area contributed by atoms with Crippen molar-refractivity contribution in [3.63, 3.8) is 0 Å². The summed E-state index contributed by atoms with van der Waals surface area (Å²) in [5.41, 5.74) is 5.37. The molecule has 5 unspecified atom stereocenters. The molecule has 166 valence electrons. The Morgan fingerprint density at radius 2 is 2.26 bits per heavy atom. The summed E-state index contributed by atoms with van der Waals surface area (Å²) in [6, 6.07) is 2.28. The number of nitriles is 1. The van der Waals surface area contributed by atoms with Crippen LogP contribution in [0.1, 0.15) is 39.3 Å². The number of aromatic nitrogens is 4. The Morgan fingerprint density at radius 1 is 1.45 bits per heavy atom. The molecule has 2 N–H and O–H groups in total. The molecule has 31 heavy (non-hydrogen) atoms. The molecule has 1 aliphatic carbocycles. The van der Waals surface area contributed by atoms with Crippen molar-refractivity contribution in [3.05, 3.63) is 6.33 Å². The van der Waals surface area contributed by atoms with Crippen LogP contribution in [0.4, 0.5) is 5.95 Å². The molecule has 4 heterocycles. The smallest absolute Gasteiger partial charge is 0.475 e. The minimum absolute atomic E-state index is 0.00440. The fourth-order valence-corrected chi connectivity index (χ4v) is 5.76. The van der Waals surface area contributed by atoms with E-state index in [1.165, 1.54) is 6.33 Å². The number of ether oxygens (including phenoxy) is 2. The summed E-state index contributed by atoms with van der Waals surface area (Å²) >= 11 is 0. The van der Waals surface area contributed by atoms with E-state index in [0.29, 0.717) is 17.8 Å². The number of phosphoric acid groups is 1. The molecule has 3 fully saturated rings. The molecule has 13 heteroatoms. The van der Waals surface area contributed by atoms with Crippen molar-refractivity contribution >= 4 is 24.9 Å². The van der Waals surface area contributed by atoms with Crippen LogP contribution in [0.2, 0.25) is 0 Å². The summed E-state index contributed by atoms with van der Waals surface area (Å²) in [6.45, 7) is 3.86. The molecule has 0 radical (unpaired) electrons. The van der Waals surface area contributed by atoms with Crippen LogP contribution in [0.15, 0.2) is 6.33 Å². The van der Waals surface area contributed by atoms with Gasteiger partial charge in [0.2, 0.25) is 11.8 Å². The van der Waals surface area contributed by atoms with E-state index in [0.717, 1.165) is 19.3 Å². The number of nitrogen functional groups attached to an aromatic ring is 1. The van der Waals surface area contributed by atoms with Gasteiger partial charge < -0.3 is 15.2 Å². The van der Waals surface area contributed by atoms with E-state index in [9.17, 15) is 9.83 Å². The molecule has 0 spiro atoms. The number of hydrogen-bond acceptors (Lipinski definition) is 11. The number of nitrogens with two attached hydrogens (primary N) is 1. The highest BCUT2D eigenvalue weighted by Gasteiger charge is 2.61. The topological polar surface area (TPSA) is 157 Å². The van der Waals surface area contributed by atoms with Gasteiger partial charge in [0.05, 0.1) is 31.7 Å². The lowest BCUT2D eigenvalue weighted by Crippen LogP contribution is -2.42. The molecule has 5 rings (SSSR count). The fourth-order valence-electron chi connectivity index (χ4n) is 4.05. The minimum atomic E-state index is -3.80. The molecular formula is C18H23N6O6P. The minimum Gasteiger partial charge on any atom is -0.476 e. The van der Waals surface area contributed by atoms with Crippen molar-refractivity contribution in [2.45, 2.75) is 57.6 Å². The van der Waals surface area contributed by atoms with E-state index >= 15 is 0 Å². The monoisotopic (exact) mass is 450 g/mol. The van der Waals surface area contributed by atoms with Gasteiger partial charge in [-0.1, -0.05) is 0 Å². The van der Waals surface area contributed by atoms with Crippen LogP contribution < -0.4 is 10.5 Å². The van der Waals surface area contributed by atoms with Crippen LogP contribution >= 0.6 is 7.82 Å². The quantitative estimate of drug-likeness (QED) is 0.667. The van der Waals surface area contributed by atoms with E-state index in [1.54, 1.807) is 11.5 Å². The van der Waals surface area contributed by atoms with E-state index in [4.69, 9.17) is 28.8 Å². The third-order valence-corrected chi connectivity index (χ3v) is 7.40. The number of rotatable bonds is 5. The van der Waals surface area contributed by atoms with Crippen molar-refractivity contribution < 1.29 is 27.6 Å². The Morgan fingerprint density at radius 3 is 2.94 bits per heavy atom. The first-order chi connectivity index (χ1) is 14.9. The number of nitrogens with zero attached hydrogens (tertiary/aromatic N) is 5. The highest BCUT2D eigenvalue weighted by molar-refractivity contribution is 7.48. The normalized spacial score (nSPS) is 35.5. The summed E-state index contributed by atoms with van der Waals surface area (Å²) in [5.74, 6) is 0.251. The van der Waals surface area contributed by atoms with E-state index < -0.39 is 31.7 Å². The van der Waals surface area contributed by atoms with Gasteiger partial charge in [0, 0.05) is 0 Å². The van der Waals surface area contributed by atoms with Crippen molar-refractivity contribution in [2.24, 2.45) is 5.41 Å². The lowest BCUT2D eigenvalue weighted by atomic mass is 9.84. The number of phosphoric ester groups is 1. The van der Waals surface area contributed by atoms with Gasteiger partial charge in [-0.2, -0.15) is 15.2 Å². The third-order valence-electron chi connectivity index (χ3n) is 5.90. The molecule has 5 atom stereocenters. The summed E-state index contributed by atoms with van der Waals surface area (Å²) in [7, 11) is -3.80. The second-order valence-corrected chi connectivity index (χ2v) is 9.57. The lowest BCUT2D eigenvalue weighted by Gasteiger charge is -2.37. The zero-order valence-electron chi connectivity index (χ0n) is 17.1. The largest absolute Gasteiger partial charge is 0.476 e. The van der Waals surface area contributed by atoms with Crippen LogP contribution in [-0.4, -0.2) is 51.0 Å². The molecule has 1 saturated carbocycles. The van der Waals surface area contributed by atoms with E-state index in [1.807, 2.05) is 6.92 Å². The summed E-state index contributed by atoms with van der Waals surface area (Å²) in [6.07, 6.45) is 1.68. The van der Waals surface area contributed by atoms with Crippen molar-refractivity contribution in [1.29, 1.82) is 5.26 Å². The first-order valence-electron chi connectivity index (χ1n) is 10.2. The first-order valence-corrected chi connectivity index (χ1v) is 11.6. The molecular weight excluding hydrogens is 427 g/mol. The lowest BCUT2D eigenvalue weighted by molar-refractivity contribution is -0.0787. The SMILES string of the molecule is CCOc1nc(N)nc2c1ncn2C1OC2COP(=O)(OC3CCC3)OC2C1(C)C#N. The van der Waals surface area contributed by atoms with Crippen LogP contribution in [0, 0.1) is 16.7 Å². The Hall–Kier alpha value is -2.29. The fraction of sp³-hybridized carbons (Fsp3) is 0.667. The van der Waals surface area contributed by atoms with E-state index in [2.05, 4.69) is 21.0 Å². The van der Waals surface area contributed by atoms with Crippen molar-refractivity contribution in [3.8, 4) is 11.9 Å². The average molecular weight is 450 g/mol. The highest BCUT2D eigenvalue weighted by Crippen LogP contribution is 2.62. The van der Waals surface area contributed by atoms with Gasteiger partial charge in [-0.3, -0.25) is 18.1 Å². The maximum atomic E-state index is 13.0. The van der Waals surface area contributed by atoms with Crippen LogP contribution in [0.5, 0.6) is 5.88 Å². The number of hydrogen-bond donors (Lipinski definition) is 1. The predicted molar refractivity (Wildman–Crippen MR) is 106 cm³/mol. The second-order valence-electron chi connectivity index (χ2n) is 7.99. The molecule has 2 aromatic heterocycles. The van der Waals surface area contributed by atoms with Gasteiger partial charge in [0.1, 0.15) is 17.6 Å². The van der Waals surface area contributed by atoms with Gasteiger partial charge in [-0.25, -0.2) is 9.55 Å². The molecule has 2 aliphatic heterocycles. The second kappa shape index (κ2) is 7.39. The molecule has 0 aromatic carbocycles. The Kier molecular flexibility index (Phi) is 4.91. The highest BCUT2D eigenvalue weighted by atomic mass is 31.2. The standard InChI is InChI=1S/C18H23N6O6P/c1-3-26-15-12-14(22-17(20)23-15)24(9-21-12)16-18(2,8-19)13-11(28-16)7-27-31(25,30-13)29-10-5-4-6-10/h9-11,13,16H,3-7H2,1-2H3,(H2,20,22,23). The number of fused-ring (bicyclic) bond motifs is 2. The first kappa shape index (κ1) is 20.6. The zero-order valence-corrected chi connectivity index (χ0v) is 18.0. The van der Waals surface area contributed by atoms with Crippen molar-refractivity contribution in [2.75, 3.05) is 18.9 Å². The van der Waals surface area contributed by atoms with Crippen LogP contribution in [-0.2, 0) is 22.9 Å². The number of anilines is 1. The molecule has 0 amide bonds. The van der Waals surface area contributed by atoms with Gasteiger partial charge in [0.15, 0.2) is 17.4 Å². The maximum absolute atomic E-state index is 13.0. The van der Waals surface area contributed by atoms with Crippen molar-refractivity contribution in [1.82, 2.24) is 19.5 Å². The molecule has 3 aliphatic rings. The van der Waals surface area contributed by atoms with Crippen LogP contribution in [0.3, 0.4) is 0 Å². The molecule has 12 nitrogen and oxygen atoms in total. The van der Waals surface area contributed by atoms with E-state index in [-0.39, 0.29) is 24.5 Å². The summed E-state index contributed by atoms with van der Waals surface area (Å²) in [5, 5.41) is 10.1. The third kappa shape index (κ3) is 3.28. The Labute approximate surface area is 178 Å². The van der Waals surface area contributed by atoms with Crippen LogP contribution in [0.25, 0.3) is 11.2 Å². The summed E-state index contributed by atoms with van der Waals surface area (Å²) in [4.78, 5) is 12.7. The predicted octanol–water partition coefficient (Wildman–Crippen LogP) is 2.33. The van der Waals surface area contributed by atoms with Gasteiger partial charge >= 0.3 is 7.82 Å². The van der Waals surface area contributed by atoms with Gasteiger partial charge in [-0.15, -0.1) is 0 Å². The number of imidazole rings is 1. The molecule has 2 aromatic rings. The Balaban J connectivity index is 1.50. The maximum Gasteiger partial charge on any atom is 0.475 e. The zero-order chi connectivity index (χ0) is 21.8.